The molecule has 0 fully saturated rings. The fourth-order valence-electron chi connectivity index (χ4n) is 5.64. The molecule has 2 aliphatic rings. The van der Waals surface area contributed by atoms with E-state index in [-0.39, 0.29) is 0 Å². The minimum atomic E-state index is 0.828. The molecule has 3 aromatic heterocycles. The predicted octanol–water partition coefficient (Wildman–Crippen LogP) is 5.15. The number of allylic oxidation sites excluding steroid dienone is 3. The molecule has 9 nitrogen and oxygen atoms in total. The first-order valence-corrected chi connectivity index (χ1v) is 13.9. The van der Waals surface area contributed by atoms with Gasteiger partial charge in [0.25, 0.3) is 0 Å². The molecule has 0 spiro atoms. The number of anilines is 1. The molecule has 1 aliphatic heterocycles. The average molecular weight is 536 g/mol. The van der Waals surface area contributed by atoms with E-state index in [1.54, 1.807) is 0 Å². The van der Waals surface area contributed by atoms with Crippen molar-refractivity contribution < 1.29 is 0 Å². The molecule has 0 unspecified atom stereocenters. The standard InChI is InChI=1S/C31H37N9/c1-21-6-13-27(34-28-14-15-40(36-28)17-16-37(2)3)32-18-24-11-12-26-30(29(21)24)31(39(5)35-26)23-9-7-22(8-10-23)25-19-33-38(4)20-25/h7-10,14-15,18-20H,6,11-13,16-17H2,1-5H3,(H,32,34,36)/b24-18-,29-21?. The van der Waals surface area contributed by atoms with Gasteiger partial charge in [-0.3, -0.25) is 14.0 Å². The molecule has 206 valence electrons. The monoisotopic (exact) mass is 535 g/mol. The maximum atomic E-state index is 4.97. The van der Waals surface area contributed by atoms with Crippen molar-refractivity contribution in [3.8, 4) is 22.4 Å². The van der Waals surface area contributed by atoms with Gasteiger partial charge in [0.2, 0.25) is 0 Å². The second kappa shape index (κ2) is 10.7. The molecule has 1 aliphatic carbocycles. The van der Waals surface area contributed by atoms with Crippen LogP contribution in [0.3, 0.4) is 0 Å². The Bertz CT molecular complexity index is 1620. The van der Waals surface area contributed by atoms with Crippen molar-refractivity contribution in [1.29, 1.82) is 0 Å². The lowest BCUT2D eigenvalue weighted by molar-refractivity contribution is 0.373. The highest BCUT2D eigenvalue weighted by atomic mass is 15.3. The molecule has 9 heteroatoms. The quantitative estimate of drug-likeness (QED) is 0.369. The molecule has 6 rings (SSSR count). The molecule has 1 aromatic carbocycles. The minimum Gasteiger partial charge on any atom is -0.327 e. The van der Waals surface area contributed by atoms with E-state index in [2.05, 4.69) is 83.6 Å². The first kappa shape index (κ1) is 26.0. The molecular weight excluding hydrogens is 498 g/mol. The Morgan fingerprint density at radius 3 is 2.48 bits per heavy atom. The molecule has 40 heavy (non-hydrogen) atoms. The highest BCUT2D eigenvalue weighted by Crippen LogP contribution is 2.44. The first-order chi connectivity index (χ1) is 19.4. The van der Waals surface area contributed by atoms with Crippen LogP contribution in [-0.2, 0) is 27.1 Å². The summed E-state index contributed by atoms with van der Waals surface area (Å²) in [5.41, 5.74) is 11.0. The number of fused-ring (bicyclic) bond motifs is 3. The van der Waals surface area contributed by atoms with Crippen LogP contribution in [0.25, 0.3) is 28.0 Å². The fraction of sp³-hybridized carbons (Fsp3) is 0.355. The molecule has 0 atom stereocenters. The van der Waals surface area contributed by atoms with Gasteiger partial charge in [-0.2, -0.15) is 15.3 Å². The summed E-state index contributed by atoms with van der Waals surface area (Å²) < 4.78 is 5.86. The van der Waals surface area contributed by atoms with Gasteiger partial charge in [0.05, 0.1) is 24.1 Å². The summed E-state index contributed by atoms with van der Waals surface area (Å²) in [7, 11) is 8.15. The third-order valence-corrected chi connectivity index (χ3v) is 7.75. The van der Waals surface area contributed by atoms with Gasteiger partial charge in [0, 0.05) is 68.4 Å². The fourth-order valence-corrected chi connectivity index (χ4v) is 5.64. The van der Waals surface area contributed by atoms with Crippen LogP contribution in [0.5, 0.6) is 0 Å². The van der Waals surface area contributed by atoms with E-state index in [0.29, 0.717) is 0 Å². The number of benzene rings is 1. The third-order valence-electron chi connectivity index (χ3n) is 7.75. The zero-order valence-electron chi connectivity index (χ0n) is 24.0. The highest BCUT2D eigenvalue weighted by molar-refractivity contribution is 5.97. The molecule has 4 heterocycles. The lowest BCUT2D eigenvalue weighted by atomic mass is 9.81. The largest absolute Gasteiger partial charge is 0.327 e. The number of aliphatic imine (C=N–C) groups is 1. The number of aromatic nitrogens is 6. The van der Waals surface area contributed by atoms with Crippen LogP contribution in [0.15, 0.2) is 71.3 Å². The number of nitrogens with one attached hydrogen (secondary N) is 1. The van der Waals surface area contributed by atoms with Crippen LogP contribution in [0, 0.1) is 0 Å². The van der Waals surface area contributed by atoms with Crippen molar-refractivity contribution in [2.24, 2.45) is 19.1 Å². The van der Waals surface area contributed by atoms with E-state index in [9.17, 15) is 0 Å². The lowest BCUT2D eigenvalue weighted by Gasteiger charge is -2.24. The summed E-state index contributed by atoms with van der Waals surface area (Å²) in [6.07, 6.45) is 11.6. The molecule has 0 bridgehead atoms. The number of aryl methyl sites for hydroxylation is 3. The van der Waals surface area contributed by atoms with E-state index >= 15 is 0 Å². The Morgan fingerprint density at radius 2 is 1.73 bits per heavy atom. The predicted molar refractivity (Wildman–Crippen MR) is 161 cm³/mol. The van der Waals surface area contributed by atoms with Gasteiger partial charge in [-0.1, -0.05) is 29.8 Å². The summed E-state index contributed by atoms with van der Waals surface area (Å²) in [5.74, 6) is 1.79. The van der Waals surface area contributed by atoms with Crippen LogP contribution in [0.1, 0.15) is 37.4 Å². The Labute approximate surface area is 235 Å². The minimum absolute atomic E-state index is 0.828. The Hall–Kier alpha value is -4.24. The Kier molecular flexibility index (Phi) is 6.98. The van der Waals surface area contributed by atoms with Crippen molar-refractivity contribution >= 4 is 17.2 Å². The SMILES string of the molecule is CC1=C2/C(=C\N=C(Nc3ccn(CCN(C)C)n3)CC1)CCc1nn(C)c(-c3ccc(-c4cnn(C)c4)cc3)c12. The summed E-state index contributed by atoms with van der Waals surface area (Å²) in [5, 5.41) is 17.4. The van der Waals surface area contributed by atoms with Crippen molar-refractivity contribution in [1.82, 2.24) is 34.2 Å². The Morgan fingerprint density at radius 1 is 0.925 bits per heavy atom. The lowest BCUT2D eigenvalue weighted by Crippen LogP contribution is -2.19. The molecule has 0 radical (unpaired) electrons. The van der Waals surface area contributed by atoms with Gasteiger partial charge in [0.15, 0.2) is 5.82 Å². The summed E-state index contributed by atoms with van der Waals surface area (Å²) in [4.78, 5) is 7.09. The third kappa shape index (κ3) is 5.16. The van der Waals surface area contributed by atoms with E-state index in [1.165, 1.54) is 39.2 Å². The van der Waals surface area contributed by atoms with Gasteiger partial charge < -0.3 is 10.2 Å². The first-order valence-electron chi connectivity index (χ1n) is 13.9. The number of nitrogens with zero attached hydrogens (tertiary/aromatic N) is 8. The second-order valence-electron chi connectivity index (χ2n) is 11.1. The van der Waals surface area contributed by atoms with Crippen LogP contribution < -0.4 is 5.32 Å². The number of hydrogen-bond acceptors (Lipinski definition) is 6. The van der Waals surface area contributed by atoms with Crippen molar-refractivity contribution in [3.05, 3.63) is 77.5 Å². The maximum Gasteiger partial charge on any atom is 0.153 e. The molecule has 4 aromatic rings. The van der Waals surface area contributed by atoms with E-state index < -0.39 is 0 Å². The molecular formula is C31H37N9. The topological polar surface area (TPSA) is 81.1 Å². The van der Waals surface area contributed by atoms with Gasteiger partial charge in [-0.15, -0.1) is 0 Å². The van der Waals surface area contributed by atoms with E-state index in [0.717, 1.165) is 61.6 Å². The van der Waals surface area contributed by atoms with Crippen LogP contribution in [-0.4, -0.2) is 60.7 Å². The molecule has 1 N–H and O–H groups in total. The van der Waals surface area contributed by atoms with E-state index in [4.69, 9.17) is 10.1 Å². The summed E-state index contributed by atoms with van der Waals surface area (Å²) in [6, 6.07) is 10.8. The van der Waals surface area contributed by atoms with Crippen molar-refractivity contribution in [2.45, 2.75) is 39.2 Å². The number of rotatable bonds is 6. The van der Waals surface area contributed by atoms with Crippen molar-refractivity contribution in [3.63, 3.8) is 0 Å². The zero-order valence-corrected chi connectivity index (χ0v) is 24.0. The number of likely N-dealkylation sites (N-methyl/N-ethyl adjacent to an activating group) is 1. The van der Waals surface area contributed by atoms with Gasteiger partial charge in [-0.05, 0) is 57.0 Å². The van der Waals surface area contributed by atoms with Crippen LogP contribution >= 0.6 is 0 Å². The van der Waals surface area contributed by atoms with Crippen LogP contribution in [0.4, 0.5) is 5.82 Å². The maximum absolute atomic E-state index is 4.97. The smallest absolute Gasteiger partial charge is 0.153 e. The molecule has 0 saturated heterocycles. The number of amidine groups is 1. The van der Waals surface area contributed by atoms with Gasteiger partial charge in [-0.25, -0.2) is 4.99 Å². The molecule has 0 saturated carbocycles. The van der Waals surface area contributed by atoms with Crippen molar-refractivity contribution in [2.75, 3.05) is 26.0 Å². The summed E-state index contributed by atoms with van der Waals surface area (Å²) in [6.45, 7) is 4.08. The Balaban J connectivity index is 1.29. The van der Waals surface area contributed by atoms with Crippen LogP contribution in [0.2, 0.25) is 0 Å². The highest BCUT2D eigenvalue weighted by Gasteiger charge is 2.29. The second-order valence-corrected chi connectivity index (χ2v) is 11.1. The molecule has 0 amide bonds. The average Bonchev–Trinajstić information content (AvgIpc) is 3.65. The van der Waals surface area contributed by atoms with E-state index in [1.807, 2.05) is 41.1 Å². The van der Waals surface area contributed by atoms with Gasteiger partial charge in [0.1, 0.15) is 5.84 Å². The van der Waals surface area contributed by atoms with Gasteiger partial charge >= 0.3 is 0 Å². The zero-order chi connectivity index (χ0) is 27.8. The normalized spacial score (nSPS) is 16.6. The summed E-state index contributed by atoms with van der Waals surface area (Å²) >= 11 is 0. The number of hydrogen-bond donors (Lipinski definition) is 1.